The summed E-state index contributed by atoms with van der Waals surface area (Å²) in [7, 11) is -1.33. The summed E-state index contributed by atoms with van der Waals surface area (Å²) in [6.45, 7) is 12.4. The molecule has 1 fully saturated rings. The number of hydrogen-bond acceptors (Lipinski definition) is 2. The van der Waals surface area contributed by atoms with Crippen LogP contribution in [0.25, 0.3) is 0 Å². The third-order valence-electron chi connectivity index (χ3n) is 2.63. The maximum atomic E-state index is 5.92. The van der Waals surface area contributed by atoms with Crippen LogP contribution < -0.4 is 0 Å². The predicted molar refractivity (Wildman–Crippen MR) is 85.4 cm³/mol. The van der Waals surface area contributed by atoms with Gasteiger partial charge in [0, 0.05) is 12.8 Å². The van der Waals surface area contributed by atoms with E-state index in [4.69, 9.17) is 9.47 Å². The van der Waals surface area contributed by atoms with Crippen molar-refractivity contribution < 1.29 is 9.47 Å². The van der Waals surface area contributed by atoms with Gasteiger partial charge in [-0.15, -0.1) is 11.5 Å². The van der Waals surface area contributed by atoms with Crippen LogP contribution in [-0.4, -0.2) is 26.1 Å². The van der Waals surface area contributed by atoms with Gasteiger partial charge in [-0.25, -0.2) is 0 Å². The van der Waals surface area contributed by atoms with E-state index in [0.29, 0.717) is 12.8 Å². The quantitative estimate of drug-likeness (QED) is 0.574. The summed E-state index contributed by atoms with van der Waals surface area (Å²) in [5.74, 6) is 14.1. The van der Waals surface area contributed by atoms with Crippen LogP contribution in [0.2, 0.25) is 19.6 Å². The molecule has 0 radical (unpaired) electrons. The van der Waals surface area contributed by atoms with Gasteiger partial charge in [-0.1, -0.05) is 31.5 Å². The van der Waals surface area contributed by atoms with Gasteiger partial charge in [-0.3, -0.25) is 0 Å². The van der Waals surface area contributed by atoms with Crippen LogP contribution in [0.15, 0.2) is 0 Å². The molecule has 2 atom stereocenters. The lowest BCUT2D eigenvalue weighted by atomic mass is 10.1. The number of rotatable bonds is 2. The molecule has 0 bridgehead atoms. The second-order valence-electron chi connectivity index (χ2n) is 6.35. The topological polar surface area (TPSA) is 18.5 Å². The first kappa shape index (κ1) is 16.9. The van der Waals surface area contributed by atoms with Crippen molar-refractivity contribution in [2.24, 2.45) is 0 Å². The van der Waals surface area contributed by atoms with Crippen LogP contribution in [0.4, 0.5) is 0 Å². The second-order valence-corrected chi connectivity index (χ2v) is 11.1. The van der Waals surface area contributed by atoms with Gasteiger partial charge in [0.15, 0.2) is 5.79 Å². The van der Waals surface area contributed by atoms with Gasteiger partial charge < -0.3 is 9.47 Å². The van der Waals surface area contributed by atoms with Crippen molar-refractivity contribution >= 4 is 8.07 Å². The Morgan fingerprint density at radius 2 is 1.50 bits per heavy atom. The van der Waals surface area contributed by atoms with E-state index in [2.05, 4.69) is 54.8 Å². The molecular formula is C17H24O2Si. The second kappa shape index (κ2) is 7.01. The van der Waals surface area contributed by atoms with Gasteiger partial charge in [0.25, 0.3) is 0 Å². The Morgan fingerprint density at radius 1 is 0.950 bits per heavy atom. The summed E-state index contributed by atoms with van der Waals surface area (Å²) >= 11 is 0. The predicted octanol–water partition coefficient (Wildman–Crippen LogP) is 3.19. The Kier molecular flexibility index (Phi) is 5.91. The molecule has 1 aliphatic rings. The molecule has 0 spiro atoms. The first-order valence-corrected chi connectivity index (χ1v) is 10.5. The molecular weight excluding hydrogens is 264 g/mol. The first-order chi connectivity index (χ1) is 9.23. The van der Waals surface area contributed by atoms with Crippen molar-refractivity contribution in [3.05, 3.63) is 0 Å². The van der Waals surface area contributed by atoms with E-state index in [1.165, 1.54) is 0 Å². The zero-order chi connectivity index (χ0) is 15.2. The lowest BCUT2D eigenvalue weighted by molar-refractivity contribution is -0.145. The van der Waals surface area contributed by atoms with Crippen molar-refractivity contribution in [2.75, 3.05) is 0 Å². The highest BCUT2D eigenvalue weighted by molar-refractivity contribution is 6.83. The summed E-state index contributed by atoms with van der Waals surface area (Å²) in [6, 6.07) is 0. The molecule has 108 valence electrons. The average molecular weight is 288 g/mol. The Labute approximate surface area is 124 Å². The van der Waals surface area contributed by atoms with Crippen LogP contribution in [0.5, 0.6) is 0 Å². The smallest absolute Gasteiger partial charge is 0.163 e. The highest BCUT2D eigenvalue weighted by Crippen LogP contribution is 2.31. The fourth-order valence-corrected chi connectivity index (χ4v) is 2.56. The summed E-state index contributed by atoms with van der Waals surface area (Å²) in [5, 5.41) is 0. The molecule has 1 unspecified atom stereocenters. The molecule has 0 aliphatic carbocycles. The lowest BCUT2D eigenvalue weighted by Crippen LogP contribution is -2.22. The third-order valence-corrected chi connectivity index (χ3v) is 3.56. The summed E-state index contributed by atoms with van der Waals surface area (Å²) in [6.07, 6.45) is 1.32. The summed E-state index contributed by atoms with van der Waals surface area (Å²) < 4.78 is 11.8. The fourth-order valence-electron chi connectivity index (χ4n) is 1.93. The van der Waals surface area contributed by atoms with E-state index in [0.717, 1.165) is 0 Å². The number of ether oxygens (including phenoxy) is 2. The van der Waals surface area contributed by atoms with E-state index in [1.807, 2.05) is 13.8 Å². The van der Waals surface area contributed by atoms with E-state index in [-0.39, 0.29) is 12.2 Å². The van der Waals surface area contributed by atoms with E-state index in [1.54, 1.807) is 6.92 Å². The molecule has 0 aromatic carbocycles. The maximum Gasteiger partial charge on any atom is 0.163 e. The third kappa shape index (κ3) is 6.31. The van der Waals surface area contributed by atoms with Crippen molar-refractivity contribution in [1.82, 2.24) is 0 Å². The minimum absolute atomic E-state index is 0.00210. The molecule has 20 heavy (non-hydrogen) atoms. The van der Waals surface area contributed by atoms with Crippen LogP contribution in [0.3, 0.4) is 0 Å². The Morgan fingerprint density at radius 3 is 2.00 bits per heavy atom. The first-order valence-electron chi connectivity index (χ1n) is 6.99. The molecule has 0 saturated carbocycles. The van der Waals surface area contributed by atoms with E-state index < -0.39 is 13.9 Å². The molecule has 0 aromatic rings. The van der Waals surface area contributed by atoms with E-state index >= 15 is 0 Å². The normalized spacial score (nSPS) is 23.7. The number of hydrogen-bond donors (Lipinski definition) is 0. The highest BCUT2D eigenvalue weighted by atomic mass is 28.3. The van der Waals surface area contributed by atoms with Crippen molar-refractivity contribution in [3.63, 3.8) is 0 Å². The molecule has 1 rings (SSSR count). The van der Waals surface area contributed by atoms with Crippen molar-refractivity contribution in [1.29, 1.82) is 0 Å². The summed E-state index contributed by atoms with van der Waals surface area (Å²) in [4.78, 5) is 0. The molecule has 2 nitrogen and oxygen atoms in total. The average Bonchev–Trinajstić information content (AvgIpc) is 2.58. The molecule has 3 heteroatoms. The van der Waals surface area contributed by atoms with Gasteiger partial charge >= 0.3 is 0 Å². The lowest BCUT2D eigenvalue weighted by Gasteiger charge is -2.16. The molecule has 0 amide bonds. The molecule has 1 aliphatic heterocycles. The Balaban J connectivity index is 2.67. The van der Waals surface area contributed by atoms with Crippen molar-refractivity contribution in [3.8, 4) is 35.1 Å². The standard InChI is InChI=1S/C17H24O2Si/c1-7-8-9-10-12-15-16(19-17(2,3)18-15)13-11-14-20(4,5)6/h15-16H,12-13H2,1-6H3/t15-,16?/m0/s1. The summed E-state index contributed by atoms with van der Waals surface area (Å²) in [5.41, 5.74) is 3.37. The molecule has 1 heterocycles. The zero-order valence-electron chi connectivity index (χ0n) is 13.4. The minimum Gasteiger partial charge on any atom is -0.344 e. The highest BCUT2D eigenvalue weighted by Gasteiger charge is 2.40. The van der Waals surface area contributed by atoms with Gasteiger partial charge in [-0.2, -0.15) is 0 Å². The van der Waals surface area contributed by atoms with Gasteiger partial charge in [0.1, 0.15) is 8.07 Å². The van der Waals surface area contributed by atoms with Crippen LogP contribution in [0.1, 0.15) is 33.6 Å². The Bertz CT molecular complexity index is 509. The van der Waals surface area contributed by atoms with Crippen molar-refractivity contribution in [2.45, 2.75) is 71.2 Å². The van der Waals surface area contributed by atoms with Crippen LogP contribution >= 0.6 is 0 Å². The zero-order valence-corrected chi connectivity index (χ0v) is 14.4. The maximum absolute atomic E-state index is 5.92. The SMILES string of the molecule is CC#CC#CC[C@@H]1OC(C)(C)OC1CC#C[Si](C)(C)C. The van der Waals surface area contributed by atoms with Gasteiger partial charge in [0.2, 0.25) is 0 Å². The monoisotopic (exact) mass is 288 g/mol. The van der Waals surface area contributed by atoms with Crippen LogP contribution in [0, 0.1) is 35.1 Å². The van der Waals surface area contributed by atoms with Crippen LogP contribution in [-0.2, 0) is 9.47 Å². The molecule has 0 N–H and O–H groups in total. The largest absolute Gasteiger partial charge is 0.344 e. The van der Waals surface area contributed by atoms with Gasteiger partial charge in [-0.05, 0) is 32.6 Å². The Hall–Kier alpha value is -1.18. The molecule has 0 aromatic heterocycles. The molecule has 1 saturated heterocycles. The van der Waals surface area contributed by atoms with E-state index in [9.17, 15) is 0 Å². The minimum atomic E-state index is -1.33. The van der Waals surface area contributed by atoms with Gasteiger partial charge in [0.05, 0.1) is 12.2 Å². The fraction of sp³-hybridized carbons (Fsp3) is 0.647.